The highest BCUT2D eigenvalue weighted by Crippen LogP contribution is 2.09. The number of nitrogens with zero attached hydrogens (tertiary/aromatic N) is 3. The first kappa shape index (κ1) is 13.3. The molecule has 0 spiro atoms. The minimum atomic E-state index is -0.564. The summed E-state index contributed by atoms with van der Waals surface area (Å²) in [6, 6.07) is 0. The van der Waals surface area contributed by atoms with Crippen LogP contribution in [0.1, 0.15) is 32.0 Å². The fraction of sp³-hybridized carbons (Fsp3) is 0.833. The topological polar surface area (TPSA) is 72.1 Å². The molecule has 102 valence electrons. The minimum Gasteiger partial charge on any atom is -0.390 e. The summed E-state index contributed by atoms with van der Waals surface area (Å²) in [5.74, 6) is 0.861. The van der Waals surface area contributed by atoms with Crippen molar-refractivity contribution in [1.29, 1.82) is 0 Å². The van der Waals surface area contributed by atoms with Gasteiger partial charge in [-0.2, -0.15) is 5.10 Å². The summed E-state index contributed by atoms with van der Waals surface area (Å²) in [5.41, 5.74) is -0.0840. The normalized spacial score (nSPS) is 16.6. The summed E-state index contributed by atoms with van der Waals surface area (Å²) in [4.78, 5) is 12.0. The molecule has 6 nitrogen and oxygen atoms in total. The summed E-state index contributed by atoms with van der Waals surface area (Å²) in [5, 5.41) is 17.3. The monoisotopic (exact) mass is 254 g/mol. The van der Waals surface area contributed by atoms with Crippen LogP contribution in [0.15, 0.2) is 4.79 Å². The van der Waals surface area contributed by atoms with E-state index in [1.54, 1.807) is 4.57 Å². The molecule has 0 saturated heterocycles. The molecular weight excluding hydrogens is 232 g/mol. The summed E-state index contributed by atoms with van der Waals surface area (Å²) in [6.45, 7) is 4.50. The zero-order chi connectivity index (χ0) is 13.0. The molecule has 1 aromatic rings. The summed E-state index contributed by atoms with van der Waals surface area (Å²) in [7, 11) is 0. The molecule has 0 saturated carbocycles. The van der Waals surface area contributed by atoms with Crippen LogP contribution in [0, 0.1) is 0 Å². The van der Waals surface area contributed by atoms with E-state index in [2.05, 4.69) is 17.3 Å². The van der Waals surface area contributed by atoms with E-state index >= 15 is 0 Å². The number of fused-ring (bicyclic) bond motifs is 1. The van der Waals surface area contributed by atoms with Gasteiger partial charge >= 0.3 is 5.69 Å². The van der Waals surface area contributed by atoms with Crippen LogP contribution >= 0.6 is 0 Å². The maximum absolute atomic E-state index is 12.0. The second kappa shape index (κ2) is 6.15. The molecule has 18 heavy (non-hydrogen) atoms. The molecule has 0 amide bonds. The third-order valence-electron chi connectivity index (χ3n) is 3.22. The predicted molar refractivity (Wildman–Crippen MR) is 68.6 cm³/mol. The molecular formula is C12H22N4O2. The third kappa shape index (κ3) is 3.00. The Balaban J connectivity index is 1.97. The first-order chi connectivity index (χ1) is 8.72. The highest BCUT2D eigenvalue weighted by Gasteiger charge is 2.17. The summed E-state index contributed by atoms with van der Waals surface area (Å²) in [6.07, 6.45) is 3.47. The summed E-state index contributed by atoms with van der Waals surface area (Å²) >= 11 is 0. The molecule has 0 radical (unpaired) electrons. The van der Waals surface area contributed by atoms with Gasteiger partial charge < -0.3 is 10.4 Å². The number of aromatic nitrogens is 3. The fourth-order valence-electron chi connectivity index (χ4n) is 2.28. The maximum Gasteiger partial charge on any atom is 0.346 e. The smallest absolute Gasteiger partial charge is 0.346 e. The molecule has 0 aliphatic carbocycles. The number of aliphatic hydroxyl groups is 1. The highest BCUT2D eigenvalue weighted by molar-refractivity contribution is 4.91. The van der Waals surface area contributed by atoms with Crippen LogP contribution in [-0.2, 0) is 19.5 Å². The van der Waals surface area contributed by atoms with Crippen molar-refractivity contribution in [2.45, 2.75) is 51.8 Å². The van der Waals surface area contributed by atoms with E-state index in [4.69, 9.17) is 0 Å². The minimum absolute atomic E-state index is 0.0840. The van der Waals surface area contributed by atoms with Crippen molar-refractivity contribution in [2.24, 2.45) is 0 Å². The van der Waals surface area contributed by atoms with Crippen molar-refractivity contribution in [3.05, 3.63) is 16.3 Å². The largest absolute Gasteiger partial charge is 0.390 e. The molecule has 2 heterocycles. The number of hydrogen-bond acceptors (Lipinski definition) is 4. The lowest BCUT2D eigenvalue weighted by molar-refractivity contribution is 0.145. The van der Waals surface area contributed by atoms with Crippen molar-refractivity contribution in [2.75, 3.05) is 13.1 Å². The first-order valence-corrected chi connectivity index (χ1v) is 6.77. The van der Waals surface area contributed by atoms with Crippen molar-refractivity contribution < 1.29 is 5.11 Å². The Kier molecular flexibility index (Phi) is 4.54. The number of aliphatic hydroxyl groups excluding tert-OH is 1. The van der Waals surface area contributed by atoms with E-state index in [9.17, 15) is 9.90 Å². The highest BCUT2D eigenvalue weighted by atomic mass is 16.3. The molecule has 1 aliphatic rings. The van der Waals surface area contributed by atoms with Crippen molar-refractivity contribution >= 4 is 0 Å². The van der Waals surface area contributed by atoms with Gasteiger partial charge in [-0.3, -0.25) is 4.57 Å². The fourth-order valence-corrected chi connectivity index (χ4v) is 2.28. The van der Waals surface area contributed by atoms with Gasteiger partial charge in [-0.05, 0) is 25.8 Å². The van der Waals surface area contributed by atoms with Gasteiger partial charge in [-0.15, -0.1) is 0 Å². The molecule has 1 atom stereocenters. The Morgan fingerprint density at radius 2 is 2.33 bits per heavy atom. The number of nitrogens with one attached hydrogen (secondary N) is 1. The van der Waals surface area contributed by atoms with E-state index in [-0.39, 0.29) is 12.2 Å². The van der Waals surface area contributed by atoms with Gasteiger partial charge in [0.2, 0.25) is 0 Å². The Hall–Kier alpha value is -1.14. The number of rotatable bonds is 6. The van der Waals surface area contributed by atoms with Gasteiger partial charge in [0.15, 0.2) is 0 Å². The van der Waals surface area contributed by atoms with Gasteiger partial charge in [0.1, 0.15) is 5.82 Å². The van der Waals surface area contributed by atoms with Crippen LogP contribution in [0.25, 0.3) is 0 Å². The van der Waals surface area contributed by atoms with E-state index in [0.717, 1.165) is 44.6 Å². The third-order valence-corrected chi connectivity index (χ3v) is 3.22. The Bertz CT molecular complexity index is 438. The quantitative estimate of drug-likeness (QED) is 0.686. The van der Waals surface area contributed by atoms with Crippen LogP contribution in [0.3, 0.4) is 0 Å². The Morgan fingerprint density at radius 1 is 1.50 bits per heavy atom. The van der Waals surface area contributed by atoms with E-state index < -0.39 is 6.10 Å². The molecule has 1 unspecified atom stereocenters. The SMILES string of the molecule is CCCNCC(O)Cn1nc2n(c1=O)CCCC2. The van der Waals surface area contributed by atoms with Crippen LogP contribution < -0.4 is 11.0 Å². The van der Waals surface area contributed by atoms with Crippen LogP contribution in [0.4, 0.5) is 0 Å². The molecule has 0 aromatic carbocycles. The average molecular weight is 254 g/mol. The Labute approximate surface area is 107 Å². The zero-order valence-electron chi connectivity index (χ0n) is 10.9. The first-order valence-electron chi connectivity index (χ1n) is 6.77. The molecule has 2 N–H and O–H groups in total. The van der Waals surface area contributed by atoms with E-state index in [1.807, 2.05) is 0 Å². The second-order valence-electron chi connectivity index (χ2n) is 4.85. The molecule has 2 rings (SSSR count). The second-order valence-corrected chi connectivity index (χ2v) is 4.85. The van der Waals surface area contributed by atoms with Gasteiger partial charge in [-0.1, -0.05) is 6.92 Å². The zero-order valence-corrected chi connectivity index (χ0v) is 10.9. The standard InChI is InChI=1S/C12H22N4O2/c1-2-6-13-8-10(17)9-16-12(18)15-7-4-3-5-11(15)14-16/h10,13,17H,2-9H2,1H3. The van der Waals surface area contributed by atoms with Crippen LogP contribution in [-0.4, -0.2) is 38.6 Å². The van der Waals surface area contributed by atoms with Crippen molar-refractivity contribution in [3.63, 3.8) is 0 Å². The van der Waals surface area contributed by atoms with E-state index in [1.165, 1.54) is 4.68 Å². The molecule has 1 aliphatic heterocycles. The maximum atomic E-state index is 12.0. The van der Waals surface area contributed by atoms with Gasteiger partial charge in [0.25, 0.3) is 0 Å². The van der Waals surface area contributed by atoms with Crippen LogP contribution in [0.2, 0.25) is 0 Å². The van der Waals surface area contributed by atoms with Crippen molar-refractivity contribution in [3.8, 4) is 0 Å². The van der Waals surface area contributed by atoms with Gasteiger partial charge in [0, 0.05) is 19.5 Å². The lowest BCUT2D eigenvalue weighted by Crippen LogP contribution is -2.35. The summed E-state index contributed by atoms with van der Waals surface area (Å²) < 4.78 is 3.13. The lowest BCUT2D eigenvalue weighted by Gasteiger charge is -2.10. The Morgan fingerprint density at radius 3 is 3.06 bits per heavy atom. The molecule has 1 aromatic heterocycles. The van der Waals surface area contributed by atoms with Gasteiger partial charge in [0.05, 0.1) is 12.6 Å². The van der Waals surface area contributed by atoms with Crippen molar-refractivity contribution in [1.82, 2.24) is 19.7 Å². The molecule has 6 heteroatoms. The molecule has 0 bridgehead atoms. The van der Waals surface area contributed by atoms with E-state index in [0.29, 0.717) is 6.54 Å². The lowest BCUT2D eigenvalue weighted by atomic mass is 10.2. The van der Waals surface area contributed by atoms with Gasteiger partial charge in [-0.25, -0.2) is 9.48 Å². The predicted octanol–water partition coefficient (Wildman–Crippen LogP) is -0.258. The number of hydrogen-bond donors (Lipinski definition) is 2. The molecule has 0 fully saturated rings. The number of aryl methyl sites for hydroxylation is 1. The average Bonchev–Trinajstić information content (AvgIpc) is 2.67. The van der Waals surface area contributed by atoms with Crippen LogP contribution in [0.5, 0.6) is 0 Å².